The van der Waals surface area contributed by atoms with Gasteiger partial charge in [-0.25, -0.2) is 4.79 Å². The first-order chi connectivity index (χ1) is 6.27. The van der Waals surface area contributed by atoms with Crippen LogP contribution in [0, 0.1) is 0 Å². The number of hydrazone groups is 1. The number of benzene rings is 1. The number of carboxylic acids is 1. The zero-order chi connectivity index (χ0) is 9.26. The third-order valence-corrected chi connectivity index (χ3v) is 1.95. The lowest BCUT2D eigenvalue weighted by molar-refractivity contribution is 0.0697. The summed E-state index contributed by atoms with van der Waals surface area (Å²) < 4.78 is 0. The van der Waals surface area contributed by atoms with Gasteiger partial charge in [0.1, 0.15) is 0 Å². The molecule has 1 heterocycles. The molecule has 0 radical (unpaired) electrons. The molecule has 0 aliphatic carbocycles. The lowest BCUT2D eigenvalue weighted by atomic mass is 10.0. The van der Waals surface area contributed by atoms with Crippen LogP contribution in [0.15, 0.2) is 23.3 Å². The molecule has 0 fully saturated rings. The quantitative estimate of drug-likeness (QED) is 0.666. The lowest BCUT2D eigenvalue weighted by Gasteiger charge is -2.11. The summed E-state index contributed by atoms with van der Waals surface area (Å²) in [4.78, 5) is 10.6. The zero-order valence-electron chi connectivity index (χ0n) is 6.82. The summed E-state index contributed by atoms with van der Waals surface area (Å²) in [5.74, 6) is -0.898. The SMILES string of the molecule is O=C(O)c1ccc2c(c1)CNN=C2. The van der Waals surface area contributed by atoms with Crippen molar-refractivity contribution < 1.29 is 9.90 Å². The Labute approximate surface area is 74.9 Å². The van der Waals surface area contributed by atoms with Gasteiger partial charge in [-0.3, -0.25) is 0 Å². The fourth-order valence-corrected chi connectivity index (χ4v) is 1.26. The molecule has 2 N–H and O–H groups in total. The minimum atomic E-state index is -0.898. The molecule has 0 spiro atoms. The molecular formula is C9H8N2O2. The molecule has 0 unspecified atom stereocenters. The summed E-state index contributed by atoms with van der Waals surface area (Å²) >= 11 is 0. The third-order valence-electron chi connectivity index (χ3n) is 1.95. The normalized spacial score (nSPS) is 13.2. The van der Waals surface area contributed by atoms with Crippen molar-refractivity contribution >= 4 is 12.2 Å². The topological polar surface area (TPSA) is 61.7 Å². The first-order valence-electron chi connectivity index (χ1n) is 3.89. The van der Waals surface area contributed by atoms with Crippen LogP contribution >= 0.6 is 0 Å². The molecule has 13 heavy (non-hydrogen) atoms. The van der Waals surface area contributed by atoms with Gasteiger partial charge in [-0.15, -0.1) is 0 Å². The van der Waals surface area contributed by atoms with E-state index in [2.05, 4.69) is 10.5 Å². The van der Waals surface area contributed by atoms with E-state index in [4.69, 9.17) is 5.11 Å². The Morgan fingerprint density at radius 2 is 2.38 bits per heavy atom. The van der Waals surface area contributed by atoms with Gasteiger partial charge >= 0.3 is 5.97 Å². The first kappa shape index (κ1) is 7.79. The van der Waals surface area contributed by atoms with E-state index in [0.29, 0.717) is 12.1 Å². The van der Waals surface area contributed by atoms with Crippen molar-refractivity contribution in [3.63, 3.8) is 0 Å². The van der Waals surface area contributed by atoms with E-state index in [-0.39, 0.29) is 0 Å². The van der Waals surface area contributed by atoms with Gasteiger partial charge in [-0.2, -0.15) is 5.10 Å². The summed E-state index contributed by atoms with van der Waals surface area (Å²) in [6, 6.07) is 5.01. The molecule has 4 nitrogen and oxygen atoms in total. The van der Waals surface area contributed by atoms with Crippen LogP contribution < -0.4 is 5.43 Å². The molecule has 1 aromatic carbocycles. The van der Waals surface area contributed by atoms with Gasteiger partial charge in [-0.1, -0.05) is 6.07 Å². The second kappa shape index (κ2) is 2.90. The van der Waals surface area contributed by atoms with E-state index in [9.17, 15) is 4.79 Å². The van der Waals surface area contributed by atoms with E-state index >= 15 is 0 Å². The highest BCUT2D eigenvalue weighted by atomic mass is 16.4. The Bertz CT molecular complexity index is 385. The number of rotatable bonds is 1. The number of hydrogen-bond donors (Lipinski definition) is 2. The monoisotopic (exact) mass is 176 g/mol. The second-order valence-corrected chi connectivity index (χ2v) is 2.81. The number of aromatic carboxylic acids is 1. The average Bonchev–Trinajstić information content (AvgIpc) is 2.17. The molecular weight excluding hydrogens is 168 g/mol. The number of nitrogens with zero attached hydrogens (tertiary/aromatic N) is 1. The van der Waals surface area contributed by atoms with Crippen LogP contribution in [0.25, 0.3) is 0 Å². The summed E-state index contributed by atoms with van der Waals surface area (Å²) in [5.41, 5.74) is 5.04. The Balaban J connectivity index is 2.48. The highest BCUT2D eigenvalue weighted by molar-refractivity contribution is 5.90. The van der Waals surface area contributed by atoms with Crippen molar-refractivity contribution in [3.05, 3.63) is 34.9 Å². The zero-order valence-corrected chi connectivity index (χ0v) is 6.82. The van der Waals surface area contributed by atoms with Crippen LogP contribution in [0.5, 0.6) is 0 Å². The molecule has 1 aromatic rings. The maximum Gasteiger partial charge on any atom is 0.335 e. The Morgan fingerprint density at radius 1 is 1.54 bits per heavy atom. The fraction of sp³-hybridized carbons (Fsp3) is 0.111. The molecule has 2 rings (SSSR count). The largest absolute Gasteiger partial charge is 0.478 e. The fourth-order valence-electron chi connectivity index (χ4n) is 1.26. The van der Waals surface area contributed by atoms with Crippen LogP contribution in [-0.2, 0) is 6.54 Å². The number of carboxylic acid groups (broad SMARTS) is 1. The Morgan fingerprint density at radius 3 is 3.15 bits per heavy atom. The summed E-state index contributed by atoms with van der Waals surface area (Å²) in [7, 11) is 0. The molecule has 4 heteroatoms. The van der Waals surface area contributed by atoms with Gasteiger partial charge in [0.15, 0.2) is 0 Å². The number of fused-ring (bicyclic) bond motifs is 1. The van der Waals surface area contributed by atoms with Crippen molar-refractivity contribution in [2.45, 2.75) is 6.54 Å². The predicted molar refractivity (Wildman–Crippen MR) is 47.8 cm³/mol. The van der Waals surface area contributed by atoms with Crippen molar-refractivity contribution in [3.8, 4) is 0 Å². The summed E-state index contributed by atoms with van der Waals surface area (Å²) in [6.07, 6.45) is 1.68. The van der Waals surface area contributed by atoms with Crippen molar-refractivity contribution in [2.24, 2.45) is 5.10 Å². The molecule has 1 aliphatic heterocycles. The molecule has 0 atom stereocenters. The smallest absolute Gasteiger partial charge is 0.335 e. The number of nitrogens with one attached hydrogen (secondary N) is 1. The van der Waals surface area contributed by atoms with Gasteiger partial charge < -0.3 is 10.5 Å². The highest BCUT2D eigenvalue weighted by Crippen LogP contribution is 2.12. The van der Waals surface area contributed by atoms with E-state index < -0.39 is 5.97 Å². The third kappa shape index (κ3) is 1.38. The van der Waals surface area contributed by atoms with Crippen molar-refractivity contribution in [1.29, 1.82) is 0 Å². The molecule has 0 bridgehead atoms. The van der Waals surface area contributed by atoms with Crippen LogP contribution in [-0.4, -0.2) is 17.3 Å². The van der Waals surface area contributed by atoms with Gasteiger partial charge in [0.25, 0.3) is 0 Å². The van der Waals surface area contributed by atoms with Crippen LogP contribution in [0.4, 0.5) is 0 Å². The highest BCUT2D eigenvalue weighted by Gasteiger charge is 2.08. The minimum Gasteiger partial charge on any atom is -0.478 e. The molecule has 1 aliphatic rings. The summed E-state index contributed by atoms with van der Waals surface area (Å²) in [5, 5.41) is 12.6. The molecule has 0 amide bonds. The van der Waals surface area contributed by atoms with Crippen LogP contribution in [0.3, 0.4) is 0 Å². The van der Waals surface area contributed by atoms with Gasteiger partial charge in [0.2, 0.25) is 0 Å². The van der Waals surface area contributed by atoms with Crippen LogP contribution in [0.2, 0.25) is 0 Å². The molecule has 0 saturated carbocycles. The molecule has 0 saturated heterocycles. The standard InChI is InChI=1S/C9H8N2O2/c12-9(13)6-1-2-7-4-10-11-5-8(7)3-6/h1-4,11H,5H2,(H,12,13). The maximum atomic E-state index is 10.6. The molecule has 66 valence electrons. The average molecular weight is 176 g/mol. The first-order valence-corrected chi connectivity index (χ1v) is 3.89. The van der Waals surface area contributed by atoms with Gasteiger partial charge in [-0.05, 0) is 23.3 Å². The van der Waals surface area contributed by atoms with E-state index in [1.54, 1.807) is 24.4 Å². The Hall–Kier alpha value is -1.84. The number of carbonyl (C=O) groups is 1. The van der Waals surface area contributed by atoms with Crippen molar-refractivity contribution in [2.75, 3.05) is 0 Å². The minimum absolute atomic E-state index is 0.316. The van der Waals surface area contributed by atoms with E-state index in [1.165, 1.54) is 0 Å². The maximum absolute atomic E-state index is 10.6. The van der Waals surface area contributed by atoms with Crippen molar-refractivity contribution in [1.82, 2.24) is 5.43 Å². The van der Waals surface area contributed by atoms with Gasteiger partial charge in [0, 0.05) is 0 Å². The Kier molecular flexibility index (Phi) is 1.73. The number of hydrogen-bond acceptors (Lipinski definition) is 3. The second-order valence-electron chi connectivity index (χ2n) is 2.81. The predicted octanol–water partition coefficient (Wildman–Crippen LogP) is 0.822. The summed E-state index contributed by atoms with van der Waals surface area (Å²) in [6.45, 7) is 0.590. The van der Waals surface area contributed by atoms with E-state index in [0.717, 1.165) is 11.1 Å². The van der Waals surface area contributed by atoms with E-state index in [1.807, 2.05) is 0 Å². The lowest BCUT2D eigenvalue weighted by Crippen LogP contribution is -2.14. The molecule has 0 aromatic heterocycles. The van der Waals surface area contributed by atoms with Crippen LogP contribution in [0.1, 0.15) is 21.5 Å². The van der Waals surface area contributed by atoms with Gasteiger partial charge in [0.05, 0.1) is 18.3 Å².